The summed E-state index contributed by atoms with van der Waals surface area (Å²) in [5, 5.41) is 3.56. The number of thiazole rings is 1. The monoisotopic (exact) mass is 382 g/mol. The lowest BCUT2D eigenvalue weighted by Crippen LogP contribution is -2.38. The topological polar surface area (TPSA) is 74.8 Å². The Kier molecular flexibility index (Phi) is 7.84. The van der Waals surface area contributed by atoms with Crippen LogP contribution in [0.1, 0.15) is 37.8 Å². The summed E-state index contributed by atoms with van der Waals surface area (Å²) in [5.41, 5.74) is 1.04. The first-order chi connectivity index (χ1) is 12.4. The van der Waals surface area contributed by atoms with Crippen molar-refractivity contribution >= 4 is 28.5 Å². The molecule has 0 saturated carbocycles. The zero-order valence-corrected chi connectivity index (χ0v) is 17.0. The molecule has 1 fully saturated rings. The number of hydrogen-bond acceptors (Lipinski definition) is 6. The van der Waals surface area contributed by atoms with Gasteiger partial charge in [-0.05, 0) is 25.7 Å². The average molecular weight is 383 g/mol. The van der Waals surface area contributed by atoms with Crippen LogP contribution in [0, 0.1) is 12.8 Å². The summed E-state index contributed by atoms with van der Waals surface area (Å²) >= 11 is 1.51. The summed E-state index contributed by atoms with van der Waals surface area (Å²) in [4.78, 5) is 33.8. The molecule has 0 radical (unpaired) electrons. The Balaban J connectivity index is 1.79. The van der Waals surface area contributed by atoms with Gasteiger partial charge in [-0.2, -0.15) is 0 Å². The van der Waals surface area contributed by atoms with Crippen molar-refractivity contribution in [3.05, 3.63) is 10.6 Å². The smallest absolute Gasteiger partial charge is 0.409 e. The van der Waals surface area contributed by atoms with Crippen molar-refractivity contribution in [1.82, 2.24) is 14.8 Å². The van der Waals surface area contributed by atoms with Crippen LogP contribution in [-0.2, 0) is 16.0 Å². The lowest BCUT2D eigenvalue weighted by Gasteiger charge is -2.21. The maximum absolute atomic E-state index is 12.3. The summed E-state index contributed by atoms with van der Waals surface area (Å²) in [7, 11) is 0. The minimum Gasteiger partial charge on any atom is -0.449 e. The number of carbonyl (C=O) groups is 2. The summed E-state index contributed by atoms with van der Waals surface area (Å²) in [6, 6.07) is 0. The van der Waals surface area contributed by atoms with Crippen LogP contribution >= 0.6 is 11.3 Å². The van der Waals surface area contributed by atoms with E-state index in [-0.39, 0.29) is 12.0 Å². The number of nitrogens with zero attached hydrogens (tertiary/aromatic N) is 3. The van der Waals surface area contributed by atoms with Crippen LogP contribution in [-0.4, -0.2) is 66.1 Å². The van der Waals surface area contributed by atoms with Gasteiger partial charge in [0.05, 0.1) is 18.8 Å². The van der Waals surface area contributed by atoms with Crippen LogP contribution in [0.2, 0.25) is 0 Å². The van der Waals surface area contributed by atoms with E-state index in [0.717, 1.165) is 30.0 Å². The summed E-state index contributed by atoms with van der Waals surface area (Å²) in [5.74, 6) is 0.270. The minimum absolute atomic E-state index is 0.0581. The zero-order chi connectivity index (χ0) is 19.1. The van der Waals surface area contributed by atoms with Crippen LogP contribution in [0.15, 0.2) is 0 Å². The van der Waals surface area contributed by atoms with Crippen LogP contribution in [0.3, 0.4) is 0 Å². The van der Waals surface area contributed by atoms with Gasteiger partial charge >= 0.3 is 6.09 Å². The molecule has 1 aromatic heterocycles. The number of anilines is 1. The number of carbonyl (C=O) groups excluding carboxylic acids is 2. The van der Waals surface area contributed by atoms with Crippen molar-refractivity contribution in [2.75, 3.05) is 44.6 Å². The number of nitrogens with one attached hydrogen (secondary N) is 1. The van der Waals surface area contributed by atoms with Gasteiger partial charge in [0.25, 0.3) is 0 Å². The van der Waals surface area contributed by atoms with Crippen LogP contribution in [0.4, 0.5) is 9.93 Å². The number of aryl methyl sites for hydroxylation is 2. The van der Waals surface area contributed by atoms with E-state index in [9.17, 15) is 9.59 Å². The van der Waals surface area contributed by atoms with Crippen molar-refractivity contribution in [1.29, 1.82) is 0 Å². The zero-order valence-electron chi connectivity index (χ0n) is 16.2. The van der Waals surface area contributed by atoms with Gasteiger partial charge < -0.3 is 15.0 Å². The average Bonchev–Trinajstić information content (AvgIpc) is 2.79. The predicted octanol–water partition coefficient (Wildman–Crippen LogP) is 2.75. The Morgan fingerprint density at radius 3 is 2.69 bits per heavy atom. The second-order valence-corrected chi connectivity index (χ2v) is 8.21. The van der Waals surface area contributed by atoms with Gasteiger partial charge in [-0.15, -0.1) is 11.3 Å². The van der Waals surface area contributed by atoms with Gasteiger partial charge in [0.2, 0.25) is 5.91 Å². The molecule has 0 atom stereocenters. The highest BCUT2D eigenvalue weighted by Gasteiger charge is 2.22. The third kappa shape index (κ3) is 6.25. The molecule has 1 saturated heterocycles. The fourth-order valence-electron chi connectivity index (χ4n) is 2.81. The first kappa shape index (κ1) is 20.6. The third-order valence-corrected chi connectivity index (χ3v) is 5.16. The molecule has 1 aliphatic heterocycles. The summed E-state index contributed by atoms with van der Waals surface area (Å²) < 4.78 is 5.30. The second kappa shape index (κ2) is 9.87. The van der Waals surface area contributed by atoms with E-state index in [0.29, 0.717) is 43.8 Å². The quantitative estimate of drug-likeness (QED) is 0.819. The van der Waals surface area contributed by atoms with E-state index < -0.39 is 0 Å². The van der Waals surface area contributed by atoms with E-state index in [1.165, 1.54) is 11.3 Å². The molecule has 2 amide bonds. The highest BCUT2D eigenvalue weighted by atomic mass is 32.1. The van der Waals surface area contributed by atoms with E-state index in [2.05, 4.69) is 22.1 Å². The summed E-state index contributed by atoms with van der Waals surface area (Å²) in [6.07, 6.45) is 1.45. The molecule has 1 aliphatic rings. The number of amides is 2. The highest BCUT2D eigenvalue weighted by Crippen LogP contribution is 2.22. The van der Waals surface area contributed by atoms with Gasteiger partial charge in [0.1, 0.15) is 0 Å². The van der Waals surface area contributed by atoms with Crippen molar-refractivity contribution < 1.29 is 14.3 Å². The van der Waals surface area contributed by atoms with E-state index >= 15 is 0 Å². The lowest BCUT2D eigenvalue weighted by atomic mass is 10.2. The molecule has 2 rings (SSSR count). The molecule has 0 unspecified atom stereocenters. The Hall–Kier alpha value is -1.67. The maximum atomic E-state index is 12.3. The van der Waals surface area contributed by atoms with Crippen LogP contribution < -0.4 is 5.32 Å². The normalized spacial score (nSPS) is 15.8. The molecule has 26 heavy (non-hydrogen) atoms. The van der Waals surface area contributed by atoms with Gasteiger partial charge in [-0.25, -0.2) is 9.78 Å². The first-order valence-electron chi connectivity index (χ1n) is 9.29. The minimum atomic E-state index is -0.254. The van der Waals surface area contributed by atoms with Gasteiger partial charge in [-0.3, -0.25) is 9.69 Å². The molecule has 1 N–H and O–H groups in total. The Morgan fingerprint density at radius 1 is 1.27 bits per heavy atom. The number of ether oxygens (including phenoxy) is 1. The lowest BCUT2D eigenvalue weighted by molar-refractivity contribution is -0.117. The van der Waals surface area contributed by atoms with Crippen molar-refractivity contribution in [3.63, 3.8) is 0 Å². The molecular formula is C18H30N4O3S. The maximum Gasteiger partial charge on any atom is 0.409 e. The molecule has 2 heterocycles. The second-order valence-electron chi connectivity index (χ2n) is 7.01. The summed E-state index contributed by atoms with van der Waals surface area (Å²) in [6.45, 7) is 11.6. The standard InChI is InChI=1S/C18H30N4O3S/c1-5-15-14(4)26-17(19-15)20-16(23)11-21-7-6-8-22(10-9-21)18(24)25-12-13(2)3/h13H,5-12H2,1-4H3,(H,19,20,23). The molecule has 0 aromatic carbocycles. The van der Waals surface area contributed by atoms with Gasteiger partial charge in [-0.1, -0.05) is 20.8 Å². The number of aromatic nitrogens is 1. The fourth-order valence-corrected chi connectivity index (χ4v) is 3.73. The van der Waals surface area contributed by atoms with Gasteiger partial charge in [0.15, 0.2) is 5.13 Å². The Morgan fingerprint density at radius 2 is 2.04 bits per heavy atom. The van der Waals surface area contributed by atoms with Gasteiger partial charge in [0, 0.05) is 31.1 Å². The Bertz CT molecular complexity index is 618. The molecule has 0 aliphatic carbocycles. The van der Waals surface area contributed by atoms with Crippen molar-refractivity contribution in [2.45, 2.75) is 40.5 Å². The largest absolute Gasteiger partial charge is 0.449 e. The van der Waals surface area contributed by atoms with E-state index in [4.69, 9.17) is 4.74 Å². The Labute approximate surface area is 159 Å². The molecule has 0 bridgehead atoms. The molecule has 8 heteroatoms. The van der Waals surface area contributed by atoms with Crippen molar-refractivity contribution in [2.24, 2.45) is 5.92 Å². The van der Waals surface area contributed by atoms with Crippen LogP contribution in [0.5, 0.6) is 0 Å². The van der Waals surface area contributed by atoms with Crippen LogP contribution in [0.25, 0.3) is 0 Å². The SMILES string of the molecule is CCc1nc(NC(=O)CN2CCCN(C(=O)OCC(C)C)CC2)sc1C. The molecule has 146 valence electrons. The number of rotatable bonds is 6. The van der Waals surface area contributed by atoms with E-state index in [1.54, 1.807) is 4.90 Å². The molecule has 7 nitrogen and oxygen atoms in total. The fraction of sp³-hybridized carbons (Fsp3) is 0.722. The van der Waals surface area contributed by atoms with Crippen molar-refractivity contribution in [3.8, 4) is 0 Å². The first-order valence-corrected chi connectivity index (χ1v) is 10.1. The predicted molar refractivity (Wildman–Crippen MR) is 104 cm³/mol. The third-order valence-electron chi connectivity index (χ3n) is 4.23. The highest BCUT2D eigenvalue weighted by molar-refractivity contribution is 7.15. The van der Waals surface area contributed by atoms with E-state index in [1.807, 2.05) is 20.8 Å². The molecule has 1 aromatic rings. The number of hydrogen-bond donors (Lipinski definition) is 1. The molecule has 0 spiro atoms. The molecular weight excluding hydrogens is 352 g/mol.